The summed E-state index contributed by atoms with van der Waals surface area (Å²) in [6.45, 7) is 2.56. The minimum atomic E-state index is -0.860. The van der Waals surface area contributed by atoms with Crippen molar-refractivity contribution in [3.63, 3.8) is 0 Å². The molecule has 2 rings (SSSR count). The van der Waals surface area contributed by atoms with Crippen LogP contribution in [0.1, 0.15) is 45.4 Å². The first-order valence-electron chi connectivity index (χ1n) is 7.12. The van der Waals surface area contributed by atoms with Crippen LogP contribution in [0.25, 0.3) is 0 Å². The Balaban J connectivity index is 1.91. The maximum atomic E-state index is 11.5. The molecule has 2 aliphatic carbocycles. The maximum Gasteiger partial charge on any atom is 0.326 e. The lowest BCUT2D eigenvalue weighted by atomic mass is 9.88. The summed E-state index contributed by atoms with van der Waals surface area (Å²) in [6, 6.07) is 0. The average molecular weight is 255 g/mol. The van der Waals surface area contributed by atoms with Gasteiger partial charge in [0.15, 0.2) is 0 Å². The van der Waals surface area contributed by atoms with Crippen molar-refractivity contribution >= 4 is 5.97 Å². The van der Waals surface area contributed by atoms with Gasteiger partial charge >= 0.3 is 5.97 Å². The molecule has 0 radical (unpaired) electrons. The molecule has 3 unspecified atom stereocenters. The number of nitrogens with one attached hydrogen (secondary N) is 1. The third kappa shape index (κ3) is 2.86. The van der Waals surface area contributed by atoms with Crippen molar-refractivity contribution in [3.8, 4) is 0 Å². The molecule has 0 aromatic rings. The highest BCUT2D eigenvalue weighted by Gasteiger charge is 2.50. The van der Waals surface area contributed by atoms with Gasteiger partial charge in [-0.05, 0) is 44.6 Å². The zero-order valence-corrected chi connectivity index (χ0v) is 11.4. The Morgan fingerprint density at radius 3 is 2.61 bits per heavy atom. The van der Waals surface area contributed by atoms with Crippen molar-refractivity contribution in [1.29, 1.82) is 0 Å². The Kier molecular flexibility index (Phi) is 4.28. The van der Waals surface area contributed by atoms with Crippen molar-refractivity contribution < 1.29 is 14.6 Å². The number of carboxylic acid groups (broad SMARTS) is 1. The van der Waals surface area contributed by atoms with Crippen LogP contribution in [0.3, 0.4) is 0 Å². The fraction of sp³-hybridized carbons (Fsp3) is 0.929. The molecule has 2 fully saturated rings. The van der Waals surface area contributed by atoms with E-state index in [0.717, 1.165) is 25.7 Å². The highest BCUT2D eigenvalue weighted by atomic mass is 16.5. The van der Waals surface area contributed by atoms with Crippen LogP contribution < -0.4 is 5.32 Å². The van der Waals surface area contributed by atoms with Gasteiger partial charge in [-0.1, -0.05) is 19.8 Å². The van der Waals surface area contributed by atoms with Gasteiger partial charge in [-0.3, -0.25) is 4.79 Å². The van der Waals surface area contributed by atoms with E-state index in [4.69, 9.17) is 4.74 Å². The predicted molar refractivity (Wildman–Crippen MR) is 69.5 cm³/mol. The van der Waals surface area contributed by atoms with E-state index in [1.54, 1.807) is 7.05 Å². The van der Waals surface area contributed by atoms with E-state index >= 15 is 0 Å². The Bertz CT molecular complexity index is 303. The molecular weight excluding hydrogens is 230 g/mol. The van der Waals surface area contributed by atoms with E-state index in [0.29, 0.717) is 12.5 Å². The number of likely N-dealkylation sites (N-methyl/N-ethyl adjacent to an activating group) is 1. The predicted octanol–water partition coefficient (Wildman–Crippen LogP) is 2.03. The molecule has 2 N–H and O–H groups in total. The van der Waals surface area contributed by atoms with Crippen LogP contribution >= 0.6 is 0 Å². The molecule has 2 saturated carbocycles. The molecule has 0 spiro atoms. The van der Waals surface area contributed by atoms with Gasteiger partial charge in [-0.2, -0.15) is 0 Å². The van der Waals surface area contributed by atoms with E-state index in [1.807, 2.05) is 0 Å². The summed E-state index contributed by atoms with van der Waals surface area (Å²) in [7, 11) is 1.74. The number of carbonyl (C=O) groups is 1. The summed E-state index contributed by atoms with van der Waals surface area (Å²) < 4.78 is 5.93. The lowest BCUT2D eigenvalue weighted by Gasteiger charge is -2.33. The maximum absolute atomic E-state index is 11.5. The van der Waals surface area contributed by atoms with Crippen LogP contribution in [0, 0.1) is 11.8 Å². The Morgan fingerprint density at radius 1 is 1.39 bits per heavy atom. The summed E-state index contributed by atoms with van der Waals surface area (Å²) in [6.07, 6.45) is 6.88. The Labute approximate surface area is 109 Å². The molecule has 0 amide bonds. The van der Waals surface area contributed by atoms with Gasteiger partial charge in [0.25, 0.3) is 0 Å². The van der Waals surface area contributed by atoms with Crippen LogP contribution in [-0.4, -0.2) is 36.4 Å². The van der Waals surface area contributed by atoms with Crippen LogP contribution in [0.2, 0.25) is 0 Å². The smallest absolute Gasteiger partial charge is 0.326 e. The minimum Gasteiger partial charge on any atom is -0.480 e. The molecule has 18 heavy (non-hydrogen) atoms. The van der Waals surface area contributed by atoms with Crippen LogP contribution in [0.15, 0.2) is 0 Å². The summed E-state index contributed by atoms with van der Waals surface area (Å²) in [5, 5.41) is 12.5. The molecule has 0 aromatic carbocycles. The molecule has 0 saturated heterocycles. The van der Waals surface area contributed by atoms with Gasteiger partial charge in [0.05, 0.1) is 12.7 Å². The number of carboxylic acids is 1. The van der Waals surface area contributed by atoms with E-state index < -0.39 is 11.5 Å². The Morgan fingerprint density at radius 2 is 2.11 bits per heavy atom. The van der Waals surface area contributed by atoms with E-state index in [9.17, 15) is 9.90 Å². The number of aliphatic carboxylic acids is 1. The van der Waals surface area contributed by atoms with Gasteiger partial charge < -0.3 is 15.2 Å². The van der Waals surface area contributed by atoms with Gasteiger partial charge in [-0.25, -0.2) is 0 Å². The quantitative estimate of drug-likeness (QED) is 0.762. The standard InChI is InChI=1S/C14H25NO3/c1-10-4-3-5-12(8-10)18-9-14(15-2,13(16)17)11-6-7-11/h10-12,15H,3-9H2,1-2H3,(H,16,17). The first kappa shape index (κ1) is 13.8. The summed E-state index contributed by atoms with van der Waals surface area (Å²) >= 11 is 0. The van der Waals surface area contributed by atoms with Crippen LogP contribution in [0.4, 0.5) is 0 Å². The number of hydrogen-bond acceptors (Lipinski definition) is 3. The molecule has 4 heteroatoms. The van der Waals surface area contributed by atoms with Crippen LogP contribution in [-0.2, 0) is 9.53 Å². The monoisotopic (exact) mass is 255 g/mol. The summed E-state index contributed by atoms with van der Waals surface area (Å²) in [4.78, 5) is 11.5. The Hall–Kier alpha value is -0.610. The molecule has 0 aliphatic heterocycles. The molecule has 0 heterocycles. The average Bonchev–Trinajstić information content (AvgIpc) is 3.15. The number of hydrogen-bond donors (Lipinski definition) is 2. The van der Waals surface area contributed by atoms with Gasteiger partial charge in [0.1, 0.15) is 5.54 Å². The second-order valence-corrected chi connectivity index (χ2v) is 6.01. The molecule has 2 aliphatic rings. The van der Waals surface area contributed by atoms with Crippen molar-refractivity contribution in [2.45, 2.75) is 57.1 Å². The second-order valence-electron chi connectivity index (χ2n) is 6.01. The summed E-state index contributed by atoms with van der Waals surface area (Å²) in [5.74, 6) is 0.177. The van der Waals surface area contributed by atoms with Gasteiger partial charge in [0, 0.05) is 0 Å². The van der Waals surface area contributed by atoms with Crippen molar-refractivity contribution in [1.82, 2.24) is 5.32 Å². The van der Waals surface area contributed by atoms with Crippen molar-refractivity contribution in [3.05, 3.63) is 0 Å². The van der Waals surface area contributed by atoms with Gasteiger partial charge in [0.2, 0.25) is 0 Å². The zero-order chi connectivity index (χ0) is 13.2. The number of rotatable bonds is 6. The first-order valence-corrected chi connectivity index (χ1v) is 7.12. The van der Waals surface area contributed by atoms with Crippen molar-refractivity contribution in [2.24, 2.45) is 11.8 Å². The molecular formula is C14H25NO3. The highest BCUT2D eigenvalue weighted by molar-refractivity contribution is 5.80. The lowest BCUT2D eigenvalue weighted by Crippen LogP contribution is -2.56. The molecule has 3 atom stereocenters. The fourth-order valence-corrected chi connectivity index (χ4v) is 3.09. The highest BCUT2D eigenvalue weighted by Crippen LogP contribution is 2.40. The lowest BCUT2D eigenvalue weighted by molar-refractivity contribution is -0.150. The first-order chi connectivity index (χ1) is 8.58. The van der Waals surface area contributed by atoms with Crippen molar-refractivity contribution in [2.75, 3.05) is 13.7 Å². The number of ether oxygens (including phenoxy) is 1. The van der Waals surface area contributed by atoms with E-state index in [2.05, 4.69) is 12.2 Å². The topological polar surface area (TPSA) is 58.6 Å². The van der Waals surface area contributed by atoms with Crippen LogP contribution in [0.5, 0.6) is 0 Å². The van der Waals surface area contributed by atoms with Gasteiger partial charge in [-0.15, -0.1) is 0 Å². The third-order valence-electron chi connectivity index (χ3n) is 4.54. The molecule has 4 nitrogen and oxygen atoms in total. The summed E-state index contributed by atoms with van der Waals surface area (Å²) in [5.41, 5.74) is -0.860. The third-order valence-corrected chi connectivity index (χ3v) is 4.54. The SMILES string of the molecule is CNC(COC1CCCC(C)C1)(C(=O)O)C1CC1. The molecule has 104 valence electrons. The molecule has 0 aromatic heterocycles. The normalized spacial score (nSPS) is 31.9. The minimum absolute atomic E-state index is 0.237. The molecule has 0 bridgehead atoms. The van der Waals surface area contributed by atoms with E-state index in [-0.39, 0.29) is 12.0 Å². The second kappa shape index (κ2) is 5.57. The zero-order valence-electron chi connectivity index (χ0n) is 11.4. The van der Waals surface area contributed by atoms with E-state index in [1.165, 1.54) is 12.8 Å². The fourth-order valence-electron chi connectivity index (χ4n) is 3.09. The largest absolute Gasteiger partial charge is 0.480 e.